The zero-order chi connectivity index (χ0) is 22.4. The van der Waals surface area contributed by atoms with E-state index in [0.29, 0.717) is 5.56 Å². The number of nitrogens with one attached hydrogen (secondary N) is 2. The van der Waals surface area contributed by atoms with Crippen LogP contribution in [0.5, 0.6) is 0 Å². The molecule has 1 atom stereocenters. The molecule has 2 aromatic rings. The van der Waals surface area contributed by atoms with Crippen LogP contribution < -0.4 is 15.8 Å². The summed E-state index contributed by atoms with van der Waals surface area (Å²) in [6, 6.07) is 5.73. The maximum atomic E-state index is 14.8. The van der Waals surface area contributed by atoms with E-state index in [1.807, 2.05) is 13.8 Å². The van der Waals surface area contributed by atoms with E-state index in [9.17, 15) is 13.4 Å². The third-order valence-electron chi connectivity index (χ3n) is 6.52. The number of nitrogens with two attached hydrogens (primary N) is 1. The van der Waals surface area contributed by atoms with E-state index in [4.69, 9.17) is 5.14 Å². The first-order valence-electron chi connectivity index (χ1n) is 10.6. The number of nitrogens with zero attached hydrogens (tertiary/aromatic N) is 1. The molecule has 2 aliphatic carbocycles. The van der Waals surface area contributed by atoms with Gasteiger partial charge >= 0.3 is 6.03 Å². The van der Waals surface area contributed by atoms with Crippen molar-refractivity contribution in [1.29, 1.82) is 0 Å². The predicted octanol–water partition coefficient (Wildman–Crippen LogP) is 4.19. The number of fused-ring (bicyclic) bond motifs is 2. The van der Waals surface area contributed by atoms with E-state index in [2.05, 4.69) is 21.1 Å². The van der Waals surface area contributed by atoms with E-state index in [1.165, 1.54) is 23.3 Å². The molecule has 2 aliphatic rings. The Hall–Kier alpha value is -2.29. The normalized spacial score (nSPS) is 17.1. The van der Waals surface area contributed by atoms with Crippen LogP contribution in [0.4, 0.5) is 14.9 Å². The van der Waals surface area contributed by atoms with Crippen molar-refractivity contribution in [2.75, 3.05) is 12.4 Å². The molecule has 0 fully saturated rings. The maximum Gasteiger partial charge on any atom is 0.354 e. The van der Waals surface area contributed by atoms with Crippen LogP contribution >= 0.6 is 0 Å². The molecule has 0 bridgehead atoms. The summed E-state index contributed by atoms with van der Waals surface area (Å²) >= 11 is 0. The number of carbonyl (C=O) groups is 1. The van der Waals surface area contributed by atoms with Crippen molar-refractivity contribution >= 4 is 21.6 Å². The van der Waals surface area contributed by atoms with Gasteiger partial charge in [0.2, 0.25) is 0 Å². The van der Waals surface area contributed by atoms with Crippen molar-refractivity contribution in [2.45, 2.75) is 62.8 Å². The second-order valence-corrected chi connectivity index (χ2v) is 10.6. The fourth-order valence-corrected chi connectivity index (χ4v) is 5.53. The number of anilines is 1. The highest BCUT2D eigenvalue weighted by atomic mass is 32.2. The average Bonchev–Trinajstić information content (AvgIpc) is 3.36. The van der Waals surface area contributed by atoms with Crippen molar-refractivity contribution in [3.63, 3.8) is 0 Å². The van der Waals surface area contributed by atoms with Gasteiger partial charge in [0.05, 0.1) is 4.90 Å². The van der Waals surface area contributed by atoms with Gasteiger partial charge in [-0.15, -0.1) is 4.36 Å². The molecule has 2 amide bonds. The van der Waals surface area contributed by atoms with Gasteiger partial charge in [-0.25, -0.2) is 18.5 Å². The topological polar surface area (TPSA) is 96.6 Å². The fourth-order valence-electron chi connectivity index (χ4n) is 4.54. The summed E-state index contributed by atoms with van der Waals surface area (Å²) < 4.78 is 31.5. The molecule has 0 heterocycles. The summed E-state index contributed by atoms with van der Waals surface area (Å²) in [4.78, 5) is 12.4. The van der Waals surface area contributed by atoms with Crippen LogP contribution in [0.2, 0.25) is 0 Å². The Balaban J connectivity index is 1.66. The van der Waals surface area contributed by atoms with Gasteiger partial charge in [-0.3, -0.25) is 0 Å². The van der Waals surface area contributed by atoms with Crippen LogP contribution in [-0.2, 0) is 41.1 Å². The summed E-state index contributed by atoms with van der Waals surface area (Å²) in [6.07, 6.45) is 5.88. The maximum absolute atomic E-state index is 14.8. The van der Waals surface area contributed by atoms with Crippen molar-refractivity contribution in [1.82, 2.24) is 5.32 Å². The summed E-state index contributed by atoms with van der Waals surface area (Å²) in [5.74, 6) is -0.744. The number of aryl methyl sites for hydroxylation is 2. The minimum absolute atomic E-state index is 0.276. The lowest BCUT2D eigenvalue weighted by molar-refractivity contribution is 0.260. The van der Waals surface area contributed by atoms with Crippen LogP contribution in [-0.4, -0.2) is 17.3 Å². The van der Waals surface area contributed by atoms with Crippen LogP contribution in [0.1, 0.15) is 54.5 Å². The van der Waals surface area contributed by atoms with Crippen LogP contribution in [0.15, 0.2) is 33.5 Å². The second-order valence-electron chi connectivity index (χ2n) is 8.84. The van der Waals surface area contributed by atoms with Gasteiger partial charge in [-0.05, 0) is 99.4 Å². The van der Waals surface area contributed by atoms with Gasteiger partial charge < -0.3 is 10.6 Å². The minimum atomic E-state index is -3.74. The van der Waals surface area contributed by atoms with Crippen LogP contribution in [0.3, 0.4) is 0 Å². The standard InChI is InChI=1S/C23H29FN4O2S/c1-23(2,26-3)16-10-11-20(19(24)13-16)31(25,30)28-22(29)27-21-17-8-4-6-14(17)12-15-7-5-9-18(15)21/h10-13,26H,4-9H2,1-3H3,(H3,25,27,28,29,30). The van der Waals surface area contributed by atoms with Gasteiger partial charge in [0, 0.05) is 11.2 Å². The Morgan fingerprint density at radius 1 is 1.10 bits per heavy atom. The van der Waals surface area contributed by atoms with E-state index in [1.54, 1.807) is 13.1 Å². The van der Waals surface area contributed by atoms with E-state index < -0.39 is 27.3 Å². The van der Waals surface area contributed by atoms with Crippen LogP contribution in [0, 0.1) is 5.82 Å². The lowest BCUT2D eigenvalue weighted by Gasteiger charge is -2.25. The number of halogens is 1. The number of rotatable bonds is 4. The molecule has 0 radical (unpaired) electrons. The number of benzene rings is 2. The summed E-state index contributed by atoms with van der Waals surface area (Å²) in [5.41, 5.74) is 5.79. The lowest BCUT2D eigenvalue weighted by Crippen LogP contribution is -2.33. The fraction of sp³-hybridized carbons (Fsp3) is 0.435. The minimum Gasteiger partial charge on any atom is -0.311 e. The number of hydrogen-bond donors (Lipinski definition) is 3. The highest BCUT2D eigenvalue weighted by molar-refractivity contribution is 7.91. The largest absolute Gasteiger partial charge is 0.354 e. The van der Waals surface area contributed by atoms with Crippen molar-refractivity contribution in [2.24, 2.45) is 9.50 Å². The Kier molecular flexibility index (Phi) is 5.66. The SMILES string of the molecule is CNC(C)(C)c1ccc(S(N)(=O)=NC(=O)Nc2c3c(cc4c2CCC4)CCC3)c(F)c1. The lowest BCUT2D eigenvalue weighted by atomic mass is 9.95. The molecule has 1 unspecified atom stereocenters. The van der Waals surface area contributed by atoms with Gasteiger partial charge in [0.15, 0.2) is 0 Å². The Morgan fingerprint density at radius 3 is 2.26 bits per heavy atom. The smallest absolute Gasteiger partial charge is 0.311 e. The Morgan fingerprint density at radius 2 is 1.71 bits per heavy atom. The molecule has 31 heavy (non-hydrogen) atoms. The first-order chi connectivity index (χ1) is 14.6. The molecule has 166 valence electrons. The van der Waals surface area contributed by atoms with E-state index >= 15 is 0 Å². The van der Waals surface area contributed by atoms with Crippen LogP contribution in [0.25, 0.3) is 0 Å². The monoisotopic (exact) mass is 444 g/mol. The summed E-state index contributed by atoms with van der Waals surface area (Å²) in [5, 5.41) is 11.8. The molecule has 4 rings (SSSR count). The molecule has 8 heteroatoms. The second kappa shape index (κ2) is 8.00. The first kappa shape index (κ1) is 21.9. The Labute approximate surface area is 183 Å². The zero-order valence-corrected chi connectivity index (χ0v) is 19.0. The number of carbonyl (C=O) groups excluding carboxylic acids is 1. The third-order valence-corrected chi connectivity index (χ3v) is 7.92. The van der Waals surface area contributed by atoms with E-state index in [-0.39, 0.29) is 4.90 Å². The molecule has 0 saturated heterocycles. The highest BCUT2D eigenvalue weighted by Gasteiger charge is 2.26. The molecular formula is C23H29FN4O2S. The van der Waals surface area contributed by atoms with Gasteiger partial charge in [-0.2, -0.15) is 0 Å². The summed E-state index contributed by atoms with van der Waals surface area (Å²) in [6.45, 7) is 3.80. The third kappa shape index (κ3) is 4.12. The van der Waals surface area contributed by atoms with Crippen molar-refractivity contribution in [3.8, 4) is 0 Å². The van der Waals surface area contributed by atoms with Gasteiger partial charge in [0.1, 0.15) is 15.7 Å². The van der Waals surface area contributed by atoms with Gasteiger partial charge in [0.25, 0.3) is 0 Å². The quantitative estimate of drug-likeness (QED) is 0.660. The van der Waals surface area contributed by atoms with Crippen molar-refractivity contribution in [3.05, 3.63) is 57.9 Å². The average molecular weight is 445 g/mol. The molecule has 0 aromatic heterocycles. The molecule has 0 spiro atoms. The molecule has 4 N–H and O–H groups in total. The highest BCUT2D eigenvalue weighted by Crippen LogP contribution is 2.38. The molecule has 0 saturated carbocycles. The number of hydrogen-bond acceptors (Lipinski definition) is 3. The molecular weight excluding hydrogens is 415 g/mol. The first-order valence-corrected chi connectivity index (χ1v) is 12.2. The molecule has 6 nitrogen and oxygen atoms in total. The van der Waals surface area contributed by atoms with Crippen molar-refractivity contribution < 1.29 is 13.4 Å². The molecule has 2 aromatic carbocycles. The van der Waals surface area contributed by atoms with Gasteiger partial charge in [-0.1, -0.05) is 12.1 Å². The van der Waals surface area contributed by atoms with E-state index in [0.717, 1.165) is 55.3 Å². The number of urea groups is 1. The molecule has 0 aliphatic heterocycles. The predicted molar refractivity (Wildman–Crippen MR) is 121 cm³/mol. The zero-order valence-electron chi connectivity index (χ0n) is 18.2. The Bertz CT molecular complexity index is 1150. The summed E-state index contributed by atoms with van der Waals surface area (Å²) in [7, 11) is -1.97. The number of amides is 2.